The van der Waals surface area contributed by atoms with Gasteiger partial charge in [-0.1, -0.05) is 12.5 Å². The molecule has 0 saturated heterocycles. The number of carboxylic acids is 2. The number of aromatic carboxylic acids is 2. The maximum atomic E-state index is 13.1. The van der Waals surface area contributed by atoms with Crippen LogP contribution in [0, 0.1) is 89.6 Å². The normalized spacial score (nSPS) is 9.50. The fourth-order valence-electron chi connectivity index (χ4n) is 6.07. The fourth-order valence-corrected chi connectivity index (χ4v) is 6.07. The highest BCUT2D eigenvalue weighted by atomic mass is 19.2. The first kappa shape index (κ1) is 79.4. The summed E-state index contributed by atoms with van der Waals surface area (Å²) in [5.41, 5.74) is 25.6. The Bertz CT molecular complexity index is 3870. The molecule has 0 aliphatic heterocycles. The molecular weight excluding hydrogens is 1260 g/mol. The second-order valence-electron chi connectivity index (χ2n) is 16.4. The Morgan fingerprint density at radius 2 is 0.880 bits per heavy atom. The van der Waals surface area contributed by atoms with Crippen molar-refractivity contribution in [1.82, 2.24) is 0 Å². The summed E-state index contributed by atoms with van der Waals surface area (Å²) < 4.78 is 132. The molecule has 0 aliphatic rings. The molecule has 0 fully saturated rings. The van der Waals surface area contributed by atoms with Crippen molar-refractivity contribution in [3.05, 3.63) is 241 Å². The van der Waals surface area contributed by atoms with Crippen LogP contribution in [0.15, 0.2) is 114 Å². The molecule has 0 saturated carbocycles. The molecule has 10 N–H and O–H groups in total. The molecule has 0 atom stereocenters. The van der Waals surface area contributed by atoms with Gasteiger partial charge in [0, 0.05) is 63.7 Å². The first-order valence-electron chi connectivity index (χ1n) is 23.9. The summed E-state index contributed by atoms with van der Waals surface area (Å²) in [7, 11) is 3.20. The zero-order chi connectivity index (χ0) is 69.7. The number of nitrogens with two attached hydrogens (primary N) is 4. The van der Waals surface area contributed by atoms with Crippen LogP contribution in [-0.4, -0.2) is 88.7 Å². The second-order valence-corrected chi connectivity index (χ2v) is 16.4. The van der Waals surface area contributed by atoms with Gasteiger partial charge >= 0.3 is 35.8 Å². The number of carboxylic acid groups (broad SMARTS) is 2. The predicted octanol–water partition coefficient (Wildman–Crippen LogP) is 11.9. The molecule has 28 nitrogen and oxygen atoms in total. The van der Waals surface area contributed by atoms with Gasteiger partial charge in [-0.15, -0.1) is 0 Å². The lowest BCUT2D eigenvalue weighted by molar-refractivity contribution is -0.385. The molecule has 0 aliphatic carbocycles. The molecule has 0 bridgehead atoms. The van der Waals surface area contributed by atoms with E-state index in [0.29, 0.717) is 17.7 Å². The standard InChI is InChI=1S/C9H10FNO2.C8H5F2N3O2.C8H7F2NO2.C8H8N2O4.C7H3F3O2.C7H6FNO2.C7H6N2O4.CH4/c1-2-13-9(12)7-4-3-6(11)5-8(7)10;1-15-8(14)7-5(9)2-4(12-13-11)3-6(7)10;1-13-8(12)7-5(9)2-4(11)3-6(7)10;1-14-8(11)6-3-2-5(9)4-7(6)10(12)13;8-3-1-4(9)6(7(11)12)5(10)2-3;1-5-2-3-6(9(10)11)4-7(5)8;8-4-1-2-5(7(10)11)6(3-4)9(12)13;/h3-5H,2,11H2,1H3;2-3H,1H3;2-3H,11H2,1H3;2-4H,9H2,1H3;1-2H,(H,11,12);2-4H,1H3;1-3H,8H2,(H,10,11);1H4. The molecule has 0 spiro atoms. The lowest BCUT2D eigenvalue weighted by atomic mass is 10.1. The fraction of sp³-hybridized carbons (Fsp3) is 0.127. The number of nitro groups is 3. The van der Waals surface area contributed by atoms with Gasteiger partial charge in [-0.2, -0.15) is 0 Å². The third kappa shape index (κ3) is 24.7. The number of non-ortho nitro benzene ring substituents is 1. The average molecular weight is 1310 g/mol. The molecule has 0 radical (unpaired) electrons. The van der Waals surface area contributed by atoms with Crippen LogP contribution in [0.3, 0.4) is 0 Å². The zero-order valence-electron chi connectivity index (χ0n) is 46.9. The number of nitrogens with zero attached hydrogens (tertiary/aromatic N) is 6. The number of hydrogen-bond acceptors (Lipinski definition) is 21. The van der Waals surface area contributed by atoms with E-state index < -0.39 is 125 Å². The minimum absolute atomic E-state index is 0. The number of hydrogen-bond donors (Lipinski definition) is 6. The Morgan fingerprint density at radius 1 is 0.489 bits per heavy atom. The number of nitro benzene ring substituents is 3. The van der Waals surface area contributed by atoms with E-state index in [-0.39, 0.29) is 70.5 Å². The van der Waals surface area contributed by atoms with Gasteiger partial charge in [0.1, 0.15) is 80.2 Å². The van der Waals surface area contributed by atoms with Gasteiger partial charge in [-0.25, -0.2) is 68.3 Å². The number of carbonyl (C=O) groups excluding carboxylic acids is 4. The maximum absolute atomic E-state index is 13.1. The van der Waals surface area contributed by atoms with Crippen LogP contribution in [-0.2, 0) is 18.9 Å². The lowest BCUT2D eigenvalue weighted by Crippen LogP contribution is -2.08. The van der Waals surface area contributed by atoms with E-state index in [2.05, 4.69) is 29.0 Å². The van der Waals surface area contributed by atoms with Gasteiger partial charge in [0.15, 0.2) is 0 Å². The van der Waals surface area contributed by atoms with Gasteiger partial charge in [-0.3, -0.25) is 30.3 Å². The van der Waals surface area contributed by atoms with Crippen LogP contribution in [0.25, 0.3) is 10.4 Å². The Kier molecular flexibility index (Phi) is 32.7. The van der Waals surface area contributed by atoms with E-state index in [1.54, 1.807) is 13.8 Å². The highest BCUT2D eigenvalue weighted by molar-refractivity contribution is 5.95. The van der Waals surface area contributed by atoms with Crippen LogP contribution in [0.4, 0.5) is 85.0 Å². The average Bonchev–Trinajstić information content (AvgIpc) is 0.960. The van der Waals surface area contributed by atoms with Gasteiger partial charge in [-0.05, 0) is 97.7 Å². The summed E-state index contributed by atoms with van der Waals surface area (Å²) in [6.07, 6.45) is 0. The smallest absolute Gasteiger partial charge is 0.344 e. The summed E-state index contributed by atoms with van der Waals surface area (Å²) in [5, 5.41) is 50.8. The number of carbonyl (C=O) groups is 6. The molecule has 0 aromatic heterocycles. The molecule has 0 heterocycles. The highest BCUT2D eigenvalue weighted by Crippen LogP contribution is 2.25. The Morgan fingerprint density at radius 3 is 1.25 bits per heavy atom. The zero-order valence-corrected chi connectivity index (χ0v) is 46.9. The van der Waals surface area contributed by atoms with E-state index in [9.17, 15) is 98.6 Å². The topological polar surface area (TPSA) is 462 Å². The largest absolute Gasteiger partial charge is 0.477 e. The number of ether oxygens (including phenoxy) is 4. The lowest BCUT2D eigenvalue weighted by Gasteiger charge is -2.03. The molecule has 490 valence electrons. The van der Waals surface area contributed by atoms with Gasteiger partial charge < -0.3 is 52.1 Å². The van der Waals surface area contributed by atoms with E-state index >= 15 is 0 Å². The predicted molar refractivity (Wildman–Crippen MR) is 306 cm³/mol. The Balaban J connectivity index is 0.00000105. The Labute approximate surface area is 511 Å². The van der Waals surface area contributed by atoms with Crippen LogP contribution in [0.5, 0.6) is 0 Å². The number of azide groups is 1. The number of rotatable bonds is 11. The van der Waals surface area contributed by atoms with Gasteiger partial charge in [0.25, 0.3) is 17.1 Å². The van der Waals surface area contributed by atoms with E-state index in [1.165, 1.54) is 42.5 Å². The van der Waals surface area contributed by atoms with E-state index in [0.717, 1.165) is 75.9 Å². The van der Waals surface area contributed by atoms with Crippen LogP contribution in [0.2, 0.25) is 0 Å². The van der Waals surface area contributed by atoms with Gasteiger partial charge in [0.2, 0.25) is 0 Å². The van der Waals surface area contributed by atoms with Crippen molar-refractivity contribution in [2.45, 2.75) is 21.3 Å². The van der Waals surface area contributed by atoms with Crippen LogP contribution >= 0.6 is 0 Å². The molecule has 37 heteroatoms. The van der Waals surface area contributed by atoms with Crippen molar-refractivity contribution in [2.75, 3.05) is 50.9 Å². The van der Waals surface area contributed by atoms with E-state index in [4.69, 9.17) is 38.7 Å². The molecule has 0 unspecified atom stereocenters. The van der Waals surface area contributed by atoms with E-state index in [1.807, 2.05) is 0 Å². The van der Waals surface area contributed by atoms with Gasteiger partial charge in [0.05, 0.1) is 54.3 Å². The number of anilines is 4. The third-order valence-electron chi connectivity index (χ3n) is 10.2. The first-order chi connectivity index (χ1) is 42.5. The first-order valence-corrected chi connectivity index (χ1v) is 23.9. The summed E-state index contributed by atoms with van der Waals surface area (Å²) in [6, 6.07) is 18.5. The van der Waals surface area contributed by atoms with Crippen molar-refractivity contribution in [3.63, 3.8) is 0 Å². The maximum Gasteiger partial charge on any atom is 0.344 e. The molecule has 0 amide bonds. The number of nitrogen functional groups attached to an aromatic ring is 4. The number of methoxy groups -OCH3 is 3. The number of halogens is 9. The SMILES string of the molecule is C.CCOC(=O)c1ccc(N)cc1F.COC(=O)c1c(F)cc(N)cc1F.COC(=O)c1c(F)cc(N=[N+]=[N-])cc1F.COC(=O)c1ccc(N)cc1[N+](=O)[O-].Cc1ccc([N+](=O)[O-])cc1F.Nc1ccc(C(=O)O)c([N+](=O)[O-])c1.O=C(O)c1c(F)cc(F)cc1F. The second kappa shape index (κ2) is 37.9. The van der Waals surface area contributed by atoms with Crippen LogP contribution in [0.1, 0.15) is 82.1 Å². The van der Waals surface area contributed by atoms with Crippen LogP contribution < -0.4 is 22.9 Å². The summed E-state index contributed by atoms with van der Waals surface area (Å²) in [4.78, 5) is 95.8. The van der Waals surface area contributed by atoms with Crippen molar-refractivity contribution < 1.29 is 112 Å². The molecule has 92 heavy (non-hydrogen) atoms. The Hall–Kier alpha value is -12.6. The monoisotopic (exact) mass is 1310 g/mol. The molecule has 7 aromatic rings. The molecule has 7 rings (SSSR count). The number of benzene rings is 7. The molecule has 7 aromatic carbocycles. The van der Waals surface area contributed by atoms with Crippen molar-refractivity contribution >= 4 is 81.3 Å². The highest BCUT2D eigenvalue weighted by Gasteiger charge is 2.23. The van der Waals surface area contributed by atoms with Crippen molar-refractivity contribution in [2.24, 2.45) is 5.11 Å². The minimum Gasteiger partial charge on any atom is -0.477 e. The number of esters is 4. The third-order valence-corrected chi connectivity index (χ3v) is 10.2. The molecular formula is C55H49F9N10O18. The minimum atomic E-state index is -1.76. The quantitative estimate of drug-likeness (QED) is 0.00806. The summed E-state index contributed by atoms with van der Waals surface area (Å²) in [6.45, 7) is 3.44. The summed E-state index contributed by atoms with van der Waals surface area (Å²) in [5.74, 6) is -16.2. The number of aryl methyl sites for hydroxylation is 1. The van der Waals surface area contributed by atoms with Crippen molar-refractivity contribution in [1.29, 1.82) is 0 Å². The summed E-state index contributed by atoms with van der Waals surface area (Å²) >= 11 is 0. The van der Waals surface area contributed by atoms with Crippen molar-refractivity contribution in [3.8, 4) is 0 Å².